The van der Waals surface area contributed by atoms with E-state index in [1.165, 1.54) is 16.9 Å². The van der Waals surface area contributed by atoms with Crippen molar-refractivity contribution in [3.63, 3.8) is 0 Å². The molecule has 6 nitrogen and oxygen atoms in total. The van der Waals surface area contributed by atoms with E-state index in [9.17, 15) is 9.59 Å². The van der Waals surface area contributed by atoms with Crippen LogP contribution in [0.3, 0.4) is 0 Å². The number of nitrogens with one attached hydrogen (secondary N) is 2. The Morgan fingerprint density at radius 3 is 2.75 bits per heavy atom. The molecule has 1 aliphatic rings. The molecule has 2 aromatic rings. The van der Waals surface area contributed by atoms with Crippen LogP contribution >= 0.6 is 11.3 Å². The molecule has 0 aliphatic carbocycles. The Labute approximate surface area is 144 Å². The number of carbonyl (C=O) groups is 2. The number of rotatable bonds is 3. The van der Waals surface area contributed by atoms with E-state index in [1.54, 1.807) is 4.90 Å². The van der Waals surface area contributed by atoms with Gasteiger partial charge in [0.25, 0.3) is 0 Å². The molecule has 1 aromatic heterocycles. The molecule has 2 heterocycles. The predicted molar refractivity (Wildman–Crippen MR) is 95.7 cm³/mol. The largest absolute Gasteiger partial charge is 0.333 e. The van der Waals surface area contributed by atoms with Crippen LogP contribution in [-0.2, 0) is 4.79 Å². The fourth-order valence-electron chi connectivity index (χ4n) is 2.68. The van der Waals surface area contributed by atoms with Crippen LogP contribution in [0.15, 0.2) is 23.6 Å². The molecule has 0 radical (unpaired) electrons. The lowest BCUT2D eigenvalue weighted by Crippen LogP contribution is -2.39. The number of nitrogens with zero attached hydrogens (tertiary/aromatic N) is 2. The molecule has 3 amide bonds. The van der Waals surface area contributed by atoms with Gasteiger partial charge >= 0.3 is 6.03 Å². The molecule has 1 aliphatic heterocycles. The summed E-state index contributed by atoms with van der Waals surface area (Å²) in [6.45, 7) is 6.42. The van der Waals surface area contributed by atoms with Crippen molar-refractivity contribution in [3.8, 4) is 0 Å². The normalized spacial score (nSPS) is 17.2. The van der Waals surface area contributed by atoms with Crippen LogP contribution in [0.1, 0.15) is 23.2 Å². The van der Waals surface area contributed by atoms with Crippen molar-refractivity contribution in [2.24, 2.45) is 0 Å². The first-order valence-corrected chi connectivity index (χ1v) is 8.67. The van der Waals surface area contributed by atoms with Gasteiger partial charge in [-0.3, -0.25) is 10.1 Å². The third kappa shape index (κ3) is 3.56. The Balaban J connectivity index is 1.61. The molecule has 126 valence electrons. The molecule has 1 aromatic carbocycles. The maximum atomic E-state index is 12.3. The van der Waals surface area contributed by atoms with Crippen molar-refractivity contribution in [2.75, 3.05) is 16.8 Å². The van der Waals surface area contributed by atoms with Gasteiger partial charge in [0.15, 0.2) is 5.13 Å². The molecule has 1 saturated heterocycles. The smallest absolute Gasteiger partial charge is 0.321 e. The van der Waals surface area contributed by atoms with Crippen molar-refractivity contribution in [3.05, 3.63) is 40.4 Å². The average molecular weight is 344 g/mol. The number of carbonyl (C=O) groups excluding carboxylic acids is 2. The summed E-state index contributed by atoms with van der Waals surface area (Å²) in [7, 11) is 0. The molecule has 0 spiro atoms. The SMILES string of the molecule is Cc1csc(NC(=O)NC2CC(=O)N(c3ccc(C)c(C)c3)C2)n1. The summed E-state index contributed by atoms with van der Waals surface area (Å²) < 4.78 is 0. The Kier molecular flexibility index (Phi) is 4.53. The predicted octanol–water partition coefficient (Wildman–Crippen LogP) is 3.00. The molecule has 7 heteroatoms. The summed E-state index contributed by atoms with van der Waals surface area (Å²) in [4.78, 5) is 30.2. The lowest BCUT2D eigenvalue weighted by atomic mass is 10.1. The number of aryl methyl sites for hydroxylation is 3. The molecule has 24 heavy (non-hydrogen) atoms. The highest BCUT2D eigenvalue weighted by atomic mass is 32.1. The van der Waals surface area contributed by atoms with E-state index >= 15 is 0 Å². The fraction of sp³-hybridized carbons (Fsp3) is 0.353. The van der Waals surface area contributed by atoms with Crippen LogP contribution in [-0.4, -0.2) is 29.5 Å². The van der Waals surface area contributed by atoms with E-state index in [0.717, 1.165) is 16.9 Å². The zero-order chi connectivity index (χ0) is 17.3. The lowest BCUT2D eigenvalue weighted by molar-refractivity contribution is -0.117. The minimum Gasteiger partial charge on any atom is -0.333 e. The quantitative estimate of drug-likeness (QED) is 0.899. The van der Waals surface area contributed by atoms with Crippen molar-refractivity contribution in [2.45, 2.75) is 33.2 Å². The van der Waals surface area contributed by atoms with Crippen LogP contribution in [0.4, 0.5) is 15.6 Å². The fourth-order valence-corrected chi connectivity index (χ4v) is 3.36. The number of urea groups is 1. The highest BCUT2D eigenvalue weighted by Crippen LogP contribution is 2.24. The zero-order valence-electron chi connectivity index (χ0n) is 13.9. The van der Waals surface area contributed by atoms with Crippen molar-refractivity contribution >= 4 is 34.1 Å². The number of amides is 3. The second kappa shape index (κ2) is 6.60. The Morgan fingerprint density at radius 2 is 2.08 bits per heavy atom. The van der Waals surface area contributed by atoms with Gasteiger partial charge in [-0.1, -0.05) is 6.07 Å². The first-order chi connectivity index (χ1) is 11.4. The summed E-state index contributed by atoms with van der Waals surface area (Å²) in [6, 6.07) is 5.43. The zero-order valence-corrected chi connectivity index (χ0v) is 14.7. The Hall–Kier alpha value is -2.41. The number of aromatic nitrogens is 1. The first-order valence-electron chi connectivity index (χ1n) is 7.79. The number of benzene rings is 1. The van der Waals surface area contributed by atoms with Crippen LogP contribution in [0.2, 0.25) is 0 Å². The molecular weight excluding hydrogens is 324 g/mol. The van der Waals surface area contributed by atoms with Gasteiger partial charge in [-0.05, 0) is 44.0 Å². The molecule has 0 saturated carbocycles. The second-order valence-electron chi connectivity index (χ2n) is 6.07. The van der Waals surface area contributed by atoms with Crippen molar-refractivity contribution in [1.29, 1.82) is 0 Å². The summed E-state index contributed by atoms with van der Waals surface area (Å²) in [5.74, 6) is 0.0219. The van der Waals surface area contributed by atoms with Crippen LogP contribution in [0.5, 0.6) is 0 Å². The van der Waals surface area contributed by atoms with Gasteiger partial charge in [0.05, 0.1) is 11.7 Å². The average Bonchev–Trinajstić information content (AvgIpc) is 3.08. The lowest BCUT2D eigenvalue weighted by Gasteiger charge is -2.18. The van der Waals surface area contributed by atoms with Crippen LogP contribution in [0.25, 0.3) is 0 Å². The monoisotopic (exact) mass is 344 g/mol. The third-order valence-electron chi connectivity index (χ3n) is 4.10. The maximum absolute atomic E-state index is 12.3. The summed E-state index contributed by atoms with van der Waals surface area (Å²) in [5.41, 5.74) is 4.09. The third-order valence-corrected chi connectivity index (χ3v) is 4.98. The minimum absolute atomic E-state index is 0.0219. The van der Waals surface area contributed by atoms with Gasteiger partial charge in [0.1, 0.15) is 0 Å². The maximum Gasteiger partial charge on any atom is 0.321 e. The van der Waals surface area contributed by atoms with Gasteiger partial charge in [-0.15, -0.1) is 11.3 Å². The molecule has 1 atom stereocenters. The van der Waals surface area contributed by atoms with Crippen molar-refractivity contribution < 1.29 is 9.59 Å². The van der Waals surface area contributed by atoms with E-state index in [2.05, 4.69) is 15.6 Å². The minimum atomic E-state index is -0.330. The standard InChI is InChI=1S/C17H20N4O2S/c1-10-4-5-14(6-11(10)2)21-8-13(7-15(21)22)19-16(23)20-17-18-12(3)9-24-17/h4-6,9,13H,7-8H2,1-3H3,(H2,18,19,20,23). The topological polar surface area (TPSA) is 74.3 Å². The van der Waals surface area contributed by atoms with E-state index in [4.69, 9.17) is 0 Å². The number of hydrogen-bond acceptors (Lipinski definition) is 4. The van der Waals surface area contributed by atoms with E-state index in [0.29, 0.717) is 18.1 Å². The highest BCUT2D eigenvalue weighted by Gasteiger charge is 2.31. The van der Waals surface area contributed by atoms with E-state index in [-0.39, 0.29) is 18.0 Å². The summed E-state index contributed by atoms with van der Waals surface area (Å²) in [5, 5.41) is 7.98. The van der Waals surface area contributed by atoms with Crippen molar-refractivity contribution in [1.82, 2.24) is 10.3 Å². The van der Waals surface area contributed by atoms with E-state index in [1.807, 2.05) is 44.4 Å². The first kappa shape index (κ1) is 16.4. The van der Waals surface area contributed by atoms with Crippen LogP contribution in [0, 0.1) is 20.8 Å². The molecular formula is C17H20N4O2S. The molecule has 1 fully saturated rings. The Bertz CT molecular complexity index is 787. The van der Waals surface area contributed by atoms with Gasteiger partial charge in [0.2, 0.25) is 5.91 Å². The molecule has 2 N–H and O–H groups in total. The summed E-state index contributed by atoms with van der Waals surface area (Å²) >= 11 is 1.38. The van der Waals surface area contributed by atoms with Gasteiger partial charge in [0, 0.05) is 24.0 Å². The molecule has 0 bridgehead atoms. The molecule has 3 rings (SSSR count). The number of thiazole rings is 1. The molecule has 1 unspecified atom stereocenters. The number of anilines is 2. The van der Waals surface area contributed by atoms with Gasteiger partial charge in [-0.2, -0.15) is 0 Å². The van der Waals surface area contributed by atoms with Crippen LogP contribution < -0.4 is 15.5 Å². The Morgan fingerprint density at radius 1 is 1.29 bits per heavy atom. The summed E-state index contributed by atoms with van der Waals surface area (Å²) in [6.07, 6.45) is 0.303. The van der Waals surface area contributed by atoms with Gasteiger partial charge < -0.3 is 10.2 Å². The van der Waals surface area contributed by atoms with E-state index < -0.39 is 0 Å². The second-order valence-corrected chi connectivity index (χ2v) is 6.92. The van der Waals surface area contributed by atoms with Gasteiger partial charge in [-0.25, -0.2) is 9.78 Å². The highest BCUT2D eigenvalue weighted by molar-refractivity contribution is 7.13. The number of hydrogen-bond donors (Lipinski definition) is 2.